The summed E-state index contributed by atoms with van der Waals surface area (Å²) in [4.78, 5) is 11.1. The smallest absolute Gasteiger partial charge is 0.339 e. The topological polar surface area (TPSA) is 46.5 Å². The molecule has 0 aromatic heterocycles. The highest BCUT2D eigenvalue weighted by atomic mass is 79.9. The third kappa shape index (κ3) is 3.33. The molecule has 2 aromatic rings. The van der Waals surface area contributed by atoms with E-state index in [4.69, 9.17) is 9.84 Å². The Bertz CT molecular complexity index is 659. The van der Waals surface area contributed by atoms with Crippen molar-refractivity contribution in [1.82, 2.24) is 0 Å². The summed E-state index contributed by atoms with van der Waals surface area (Å²) in [6.07, 6.45) is 0. The average molecular weight is 343 g/mol. The molecule has 0 heterocycles. The van der Waals surface area contributed by atoms with Gasteiger partial charge in [-0.1, -0.05) is 15.9 Å². The molecule has 2 rings (SSSR count). The van der Waals surface area contributed by atoms with Crippen LogP contribution in [0.1, 0.15) is 15.9 Å². The van der Waals surface area contributed by atoms with Crippen LogP contribution in [-0.2, 0) is 6.61 Å². The lowest BCUT2D eigenvalue weighted by Crippen LogP contribution is -2.05. The number of aromatic carboxylic acids is 1. The molecule has 20 heavy (non-hydrogen) atoms. The molecule has 0 saturated carbocycles. The van der Waals surface area contributed by atoms with Gasteiger partial charge in [-0.15, -0.1) is 0 Å². The molecule has 0 radical (unpaired) electrons. The molecular weight excluding hydrogens is 334 g/mol. The maximum atomic E-state index is 13.4. The summed E-state index contributed by atoms with van der Waals surface area (Å²) < 4.78 is 32.3. The van der Waals surface area contributed by atoms with Crippen LogP contribution in [0, 0.1) is 11.6 Å². The lowest BCUT2D eigenvalue weighted by molar-refractivity contribution is 0.0691. The zero-order chi connectivity index (χ0) is 14.7. The Morgan fingerprint density at radius 3 is 2.65 bits per heavy atom. The SMILES string of the molecule is O=C(O)c1cc(Br)ccc1OCc1cc(F)ccc1F. The van der Waals surface area contributed by atoms with Gasteiger partial charge in [-0.2, -0.15) is 0 Å². The van der Waals surface area contributed by atoms with Gasteiger partial charge >= 0.3 is 5.97 Å². The molecule has 0 aliphatic heterocycles. The van der Waals surface area contributed by atoms with Gasteiger partial charge in [0.25, 0.3) is 0 Å². The average Bonchev–Trinajstić information content (AvgIpc) is 2.40. The standard InChI is InChI=1S/C14H9BrF2O3/c15-9-1-4-13(11(6-9)14(18)19)20-7-8-5-10(16)2-3-12(8)17/h1-6H,7H2,(H,18,19). The molecule has 2 aromatic carbocycles. The maximum Gasteiger partial charge on any atom is 0.339 e. The summed E-state index contributed by atoms with van der Waals surface area (Å²) in [6, 6.07) is 7.43. The summed E-state index contributed by atoms with van der Waals surface area (Å²) in [6.45, 7) is -0.258. The first kappa shape index (κ1) is 14.5. The Balaban J connectivity index is 2.23. The molecule has 0 unspecified atom stereocenters. The number of hydrogen-bond acceptors (Lipinski definition) is 2. The van der Waals surface area contributed by atoms with Gasteiger partial charge in [0.2, 0.25) is 0 Å². The van der Waals surface area contributed by atoms with Crippen LogP contribution in [0.3, 0.4) is 0 Å². The van der Waals surface area contributed by atoms with Crippen molar-refractivity contribution in [2.75, 3.05) is 0 Å². The van der Waals surface area contributed by atoms with E-state index in [0.717, 1.165) is 18.2 Å². The van der Waals surface area contributed by atoms with Gasteiger partial charge in [0.15, 0.2) is 0 Å². The third-order valence-electron chi connectivity index (χ3n) is 2.56. The van der Waals surface area contributed by atoms with Crippen molar-refractivity contribution in [2.24, 2.45) is 0 Å². The largest absolute Gasteiger partial charge is 0.488 e. The summed E-state index contributed by atoms with van der Waals surface area (Å²) in [5, 5.41) is 9.05. The molecule has 0 bridgehead atoms. The van der Waals surface area contributed by atoms with Gasteiger partial charge in [0, 0.05) is 10.0 Å². The first-order valence-corrected chi connectivity index (χ1v) is 6.36. The Kier molecular flexibility index (Phi) is 4.34. The highest BCUT2D eigenvalue weighted by molar-refractivity contribution is 9.10. The second kappa shape index (κ2) is 6.00. The molecule has 0 amide bonds. The number of carboxylic acid groups (broad SMARTS) is 1. The number of carbonyl (C=O) groups is 1. The van der Waals surface area contributed by atoms with Gasteiger partial charge in [0.1, 0.15) is 29.6 Å². The third-order valence-corrected chi connectivity index (χ3v) is 3.06. The predicted molar refractivity (Wildman–Crippen MR) is 71.8 cm³/mol. The molecule has 1 N–H and O–H groups in total. The molecule has 0 atom stereocenters. The van der Waals surface area contributed by atoms with Gasteiger partial charge in [-0.05, 0) is 36.4 Å². The van der Waals surface area contributed by atoms with Crippen LogP contribution < -0.4 is 4.74 Å². The van der Waals surface area contributed by atoms with Crippen LogP contribution in [0.4, 0.5) is 8.78 Å². The van der Waals surface area contributed by atoms with Gasteiger partial charge in [0.05, 0.1) is 0 Å². The first-order valence-electron chi connectivity index (χ1n) is 5.57. The molecule has 0 saturated heterocycles. The maximum absolute atomic E-state index is 13.4. The van der Waals surface area contributed by atoms with E-state index >= 15 is 0 Å². The highest BCUT2D eigenvalue weighted by Gasteiger charge is 2.13. The zero-order valence-corrected chi connectivity index (χ0v) is 11.7. The summed E-state index contributed by atoms with van der Waals surface area (Å²) in [5.41, 5.74) is -0.0413. The van der Waals surface area contributed by atoms with E-state index in [-0.39, 0.29) is 23.5 Å². The fraction of sp³-hybridized carbons (Fsp3) is 0.0714. The molecule has 0 fully saturated rings. The van der Waals surface area contributed by atoms with Crippen LogP contribution in [-0.4, -0.2) is 11.1 Å². The predicted octanol–water partition coefficient (Wildman–Crippen LogP) is 4.00. The molecule has 0 aliphatic rings. The lowest BCUT2D eigenvalue weighted by atomic mass is 10.2. The minimum Gasteiger partial charge on any atom is -0.488 e. The summed E-state index contributed by atoms with van der Waals surface area (Å²) in [7, 11) is 0. The number of rotatable bonds is 4. The number of hydrogen-bond donors (Lipinski definition) is 1. The van der Waals surface area contributed by atoms with Crippen LogP contribution >= 0.6 is 15.9 Å². The fourth-order valence-corrected chi connectivity index (χ4v) is 1.97. The van der Waals surface area contributed by atoms with Crippen LogP contribution in [0.25, 0.3) is 0 Å². The van der Waals surface area contributed by atoms with E-state index in [1.807, 2.05) is 0 Å². The van der Waals surface area contributed by atoms with Crippen molar-refractivity contribution < 1.29 is 23.4 Å². The minimum atomic E-state index is -1.17. The molecular formula is C14H9BrF2O3. The van der Waals surface area contributed by atoms with Crippen molar-refractivity contribution >= 4 is 21.9 Å². The van der Waals surface area contributed by atoms with E-state index in [1.165, 1.54) is 12.1 Å². The summed E-state index contributed by atoms with van der Waals surface area (Å²) >= 11 is 3.15. The molecule has 6 heteroatoms. The van der Waals surface area contributed by atoms with Crippen molar-refractivity contribution in [3.05, 3.63) is 63.6 Å². The molecule has 104 valence electrons. The monoisotopic (exact) mass is 342 g/mol. The van der Waals surface area contributed by atoms with E-state index in [2.05, 4.69) is 15.9 Å². The Morgan fingerprint density at radius 1 is 1.20 bits per heavy atom. The van der Waals surface area contributed by atoms with Crippen molar-refractivity contribution in [2.45, 2.75) is 6.61 Å². The molecule has 3 nitrogen and oxygen atoms in total. The van der Waals surface area contributed by atoms with Crippen molar-refractivity contribution in [3.8, 4) is 5.75 Å². The molecule has 0 spiro atoms. The number of carboxylic acids is 1. The van der Waals surface area contributed by atoms with Gasteiger partial charge in [-0.3, -0.25) is 0 Å². The second-order valence-electron chi connectivity index (χ2n) is 3.97. The molecule has 0 aliphatic carbocycles. The van der Waals surface area contributed by atoms with Crippen molar-refractivity contribution in [1.29, 1.82) is 0 Å². The van der Waals surface area contributed by atoms with E-state index in [9.17, 15) is 13.6 Å². The number of ether oxygens (including phenoxy) is 1. The minimum absolute atomic E-state index is 0.0178. The fourth-order valence-electron chi connectivity index (χ4n) is 1.60. The van der Waals surface area contributed by atoms with Crippen LogP contribution in [0.15, 0.2) is 40.9 Å². The summed E-state index contributed by atoms with van der Waals surface area (Å²) in [5.74, 6) is -2.27. The van der Waals surface area contributed by atoms with Crippen molar-refractivity contribution in [3.63, 3.8) is 0 Å². The van der Waals surface area contributed by atoms with Crippen LogP contribution in [0.2, 0.25) is 0 Å². The zero-order valence-electron chi connectivity index (χ0n) is 10.1. The second-order valence-corrected chi connectivity index (χ2v) is 4.89. The number of halogens is 3. The van der Waals surface area contributed by atoms with Gasteiger partial charge < -0.3 is 9.84 Å². The first-order chi connectivity index (χ1) is 9.47. The van der Waals surface area contributed by atoms with Crippen LogP contribution in [0.5, 0.6) is 5.75 Å². The highest BCUT2D eigenvalue weighted by Crippen LogP contribution is 2.24. The van der Waals surface area contributed by atoms with E-state index in [1.54, 1.807) is 6.07 Å². The van der Waals surface area contributed by atoms with E-state index < -0.39 is 17.6 Å². The quantitative estimate of drug-likeness (QED) is 0.913. The van der Waals surface area contributed by atoms with Gasteiger partial charge in [-0.25, -0.2) is 13.6 Å². The Hall–Kier alpha value is -1.95. The Labute approximate surface area is 121 Å². The van der Waals surface area contributed by atoms with E-state index in [0.29, 0.717) is 4.47 Å². The normalized spacial score (nSPS) is 10.3. The number of benzene rings is 2. The Morgan fingerprint density at radius 2 is 1.95 bits per heavy atom. The lowest BCUT2D eigenvalue weighted by Gasteiger charge is -2.10.